The fourth-order valence-electron chi connectivity index (χ4n) is 2.39. The van der Waals surface area contributed by atoms with Crippen LogP contribution in [0.2, 0.25) is 0 Å². The van der Waals surface area contributed by atoms with E-state index in [1.807, 2.05) is 35.9 Å². The number of ether oxygens (including phenoxy) is 2. The Morgan fingerprint density at radius 1 is 1.31 bits per heavy atom. The van der Waals surface area contributed by atoms with E-state index in [1.54, 1.807) is 11.8 Å². The maximum absolute atomic E-state index is 7.62. The molecule has 0 atom stereocenters. The number of nitrogens with one attached hydrogen (secondary N) is 2. The average molecular weight is 427 g/mol. The van der Waals surface area contributed by atoms with Crippen LogP contribution < -0.4 is 20.5 Å². The number of rotatable bonds is 5. The van der Waals surface area contributed by atoms with E-state index in [9.17, 15) is 0 Å². The van der Waals surface area contributed by atoms with Gasteiger partial charge in [-0.2, -0.15) is 0 Å². The molecule has 2 aromatic heterocycles. The Labute approximate surface area is 168 Å². The van der Waals surface area contributed by atoms with Gasteiger partial charge >= 0.3 is 0 Å². The number of amidine groups is 1. The summed E-state index contributed by atoms with van der Waals surface area (Å²) in [6.45, 7) is 0.258. The third-order valence-corrected chi connectivity index (χ3v) is 6.61. The van der Waals surface area contributed by atoms with Gasteiger partial charge in [0.25, 0.3) is 0 Å². The van der Waals surface area contributed by atoms with Crippen molar-refractivity contribution in [2.45, 2.75) is 4.21 Å². The summed E-state index contributed by atoms with van der Waals surface area (Å²) in [6.07, 6.45) is 2.01. The second-order valence-corrected chi connectivity index (χ2v) is 8.15. The standard InChI is InChI=1S/C16H14N4O2S3.ClH/c1-23-15-9(5-13(25-15)14(17)18)10-6-24-16(20-10)19-8-2-3-11-12(4-8)22-7-21-11;/h2-6H,7H2,1H3,(H3,17,18)(H,19,20);1H. The molecule has 10 heteroatoms. The van der Waals surface area contributed by atoms with Crippen molar-refractivity contribution in [3.8, 4) is 22.8 Å². The number of nitrogens with zero attached hydrogens (tertiary/aromatic N) is 1. The van der Waals surface area contributed by atoms with Crippen LogP contribution in [-0.4, -0.2) is 23.9 Å². The number of aromatic nitrogens is 1. The second kappa shape index (κ2) is 7.75. The average Bonchev–Trinajstić information content (AvgIpc) is 3.33. The molecule has 6 nitrogen and oxygen atoms in total. The van der Waals surface area contributed by atoms with E-state index in [0.29, 0.717) is 0 Å². The Kier molecular flexibility index (Phi) is 5.61. The first-order valence-electron chi connectivity index (χ1n) is 7.29. The Hall–Kier alpha value is -1.94. The van der Waals surface area contributed by atoms with Crippen LogP contribution in [0.4, 0.5) is 10.8 Å². The summed E-state index contributed by atoms with van der Waals surface area (Å²) in [7, 11) is 0. The molecular weight excluding hydrogens is 412 g/mol. The number of anilines is 2. The van der Waals surface area contributed by atoms with Crippen LogP contribution in [0.15, 0.2) is 33.9 Å². The fourth-order valence-corrected chi connectivity index (χ4v) is 4.87. The van der Waals surface area contributed by atoms with Crippen molar-refractivity contribution >= 4 is 63.5 Å². The van der Waals surface area contributed by atoms with Gasteiger partial charge in [0.2, 0.25) is 6.79 Å². The van der Waals surface area contributed by atoms with Crippen molar-refractivity contribution in [2.75, 3.05) is 18.4 Å². The van der Waals surface area contributed by atoms with Crippen LogP contribution in [-0.2, 0) is 0 Å². The van der Waals surface area contributed by atoms with Gasteiger partial charge < -0.3 is 20.5 Å². The Balaban J connectivity index is 0.00000196. The fraction of sp³-hybridized carbons (Fsp3) is 0.125. The number of hydrogen-bond donors (Lipinski definition) is 3. The summed E-state index contributed by atoms with van der Waals surface area (Å²) in [5.41, 5.74) is 8.39. The highest BCUT2D eigenvalue weighted by Crippen LogP contribution is 2.40. The quantitative estimate of drug-likeness (QED) is 0.309. The van der Waals surface area contributed by atoms with Gasteiger partial charge in [0.1, 0.15) is 5.84 Å². The molecule has 26 heavy (non-hydrogen) atoms. The van der Waals surface area contributed by atoms with E-state index in [0.717, 1.165) is 42.7 Å². The molecule has 0 saturated heterocycles. The molecule has 0 aliphatic carbocycles. The van der Waals surface area contributed by atoms with Crippen LogP contribution in [0.1, 0.15) is 4.88 Å². The third-order valence-electron chi connectivity index (χ3n) is 3.55. The van der Waals surface area contributed by atoms with Gasteiger partial charge in [-0.25, -0.2) is 4.98 Å². The van der Waals surface area contributed by atoms with E-state index in [-0.39, 0.29) is 25.0 Å². The summed E-state index contributed by atoms with van der Waals surface area (Å²) >= 11 is 4.68. The van der Waals surface area contributed by atoms with Gasteiger partial charge in [-0.15, -0.1) is 46.8 Å². The normalized spacial score (nSPS) is 11.9. The Bertz CT molecular complexity index is 957. The highest BCUT2D eigenvalue weighted by atomic mass is 35.5. The van der Waals surface area contributed by atoms with Gasteiger partial charge in [-0.05, 0) is 24.5 Å². The number of thiophene rings is 1. The minimum Gasteiger partial charge on any atom is -0.454 e. The van der Waals surface area contributed by atoms with Crippen molar-refractivity contribution in [2.24, 2.45) is 5.73 Å². The summed E-state index contributed by atoms with van der Waals surface area (Å²) in [5, 5.41) is 13.7. The van der Waals surface area contributed by atoms with Gasteiger partial charge in [-0.1, -0.05) is 0 Å². The largest absolute Gasteiger partial charge is 0.454 e. The molecule has 1 aliphatic rings. The third kappa shape index (κ3) is 3.61. The molecule has 0 radical (unpaired) electrons. The van der Waals surface area contributed by atoms with E-state index >= 15 is 0 Å². The SMILES string of the molecule is CSc1sc(C(=N)N)cc1-c1csc(Nc2ccc3c(c2)OCO3)n1.Cl. The van der Waals surface area contributed by atoms with E-state index in [4.69, 9.17) is 20.6 Å². The zero-order valence-corrected chi connectivity index (χ0v) is 16.8. The van der Waals surface area contributed by atoms with E-state index in [2.05, 4.69) is 10.3 Å². The molecule has 0 fully saturated rings. The highest BCUT2D eigenvalue weighted by molar-refractivity contribution is 8.00. The topological polar surface area (TPSA) is 93.3 Å². The predicted molar refractivity (Wildman–Crippen MR) is 111 cm³/mol. The smallest absolute Gasteiger partial charge is 0.231 e. The minimum absolute atomic E-state index is 0. The molecule has 1 aliphatic heterocycles. The zero-order valence-electron chi connectivity index (χ0n) is 13.6. The maximum atomic E-state index is 7.62. The van der Waals surface area contributed by atoms with Crippen molar-refractivity contribution in [1.29, 1.82) is 5.41 Å². The zero-order chi connectivity index (χ0) is 17.4. The van der Waals surface area contributed by atoms with E-state index < -0.39 is 0 Å². The summed E-state index contributed by atoms with van der Waals surface area (Å²) in [4.78, 5) is 5.43. The number of nitrogen functional groups attached to an aromatic ring is 1. The first-order valence-corrected chi connectivity index (χ1v) is 10.2. The summed E-state index contributed by atoms with van der Waals surface area (Å²) in [6, 6.07) is 7.64. The minimum atomic E-state index is 0. The molecule has 3 aromatic rings. The van der Waals surface area contributed by atoms with E-state index in [1.165, 1.54) is 22.7 Å². The van der Waals surface area contributed by atoms with Gasteiger partial charge in [-0.3, -0.25) is 5.41 Å². The molecule has 136 valence electrons. The Morgan fingerprint density at radius 2 is 2.12 bits per heavy atom. The number of thiazole rings is 1. The van der Waals surface area contributed by atoms with Crippen molar-refractivity contribution in [3.05, 3.63) is 34.5 Å². The molecule has 3 heterocycles. The molecule has 0 unspecified atom stereocenters. The number of hydrogen-bond acceptors (Lipinski definition) is 8. The van der Waals surface area contributed by atoms with Gasteiger partial charge in [0, 0.05) is 22.7 Å². The van der Waals surface area contributed by atoms with Crippen LogP contribution in [0, 0.1) is 5.41 Å². The van der Waals surface area contributed by atoms with Crippen molar-refractivity contribution < 1.29 is 9.47 Å². The first-order chi connectivity index (χ1) is 12.1. The number of thioether (sulfide) groups is 1. The molecule has 0 saturated carbocycles. The lowest BCUT2D eigenvalue weighted by molar-refractivity contribution is 0.174. The van der Waals surface area contributed by atoms with Crippen LogP contribution in [0.5, 0.6) is 11.5 Å². The van der Waals surface area contributed by atoms with Crippen molar-refractivity contribution in [3.63, 3.8) is 0 Å². The number of benzene rings is 1. The predicted octanol–water partition coefficient (Wildman–Crippen LogP) is 4.77. The number of fused-ring (bicyclic) bond motifs is 1. The first kappa shape index (κ1) is 18.8. The highest BCUT2D eigenvalue weighted by Gasteiger charge is 2.16. The number of halogens is 1. The lowest BCUT2D eigenvalue weighted by Crippen LogP contribution is -2.08. The lowest BCUT2D eigenvalue weighted by atomic mass is 10.2. The van der Waals surface area contributed by atoms with Crippen molar-refractivity contribution in [1.82, 2.24) is 4.98 Å². The van der Waals surface area contributed by atoms with Crippen LogP contribution in [0.3, 0.4) is 0 Å². The van der Waals surface area contributed by atoms with Gasteiger partial charge in [0.05, 0.1) is 14.8 Å². The van der Waals surface area contributed by atoms with Crippen LogP contribution >= 0.6 is 46.8 Å². The monoisotopic (exact) mass is 426 g/mol. The molecule has 1 aromatic carbocycles. The second-order valence-electron chi connectivity index (χ2n) is 5.16. The molecular formula is C16H15ClN4O2S3. The molecule has 0 spiro atoms. The molecule has 4 rings (SSSR count). The molecule has 0 amide bonds. The number of nitrogens with two attached hydrogens (primary N) is 1. The van der Waals surface area contributed by atoms with Gasteiger partial charge in [0.15, 0.2) is 16.6 Å². The Morgan fingerprint density at radius 3 is 2.88 bits per heavy atom. The van der Waals surface area contributed by atoms with Crippen LogP contribution in [0.25, 0.3) is 11.3 Å². The lowest BCUT2D eigenvalue weighted by Gasteiger charge is -2.03. The molecule has 0 bridgehead atoms. The maximum Gasteiger partial charge on any atom is 0.231 e. The molecule has 4 N–H and O–H groups in total. The summed E-state index contributed by atoms with van der Waals surface area (Å²) in [5.74, 6) is 1.57. The summed E-state index contributed by atoms with van der Waals surface area (Å²) < 4.78 is 11.8.